The monoisotopic (exact) mass is 281 g/mol. The number of ether oxygens (including phenoxy) is 2. The molecule has 1 atom stereocenters. The first-order valence-electron chi connectivity index (χ1n) is 5.74. The van der Waals surface area contributed by atoms with Crippen LogP contribution in [0.25, 0.3) is 0 Å². The molecule has 1 heterocycles. The molecule has 0 aromatic heterocycles. The van der Waals surface area contributed by atoms with Crippen LogP contribution in [-0.2, 0) is 4.79 Å². The normalized spacial score (nSPS) is 17.5. The molecule has 1 aromatic carbocycles. The zero-order valence-corrected chi connectivity index (χ0v) is 11.2. The second kappa shape index (κ2) is 5.97. The maximum absolute atomic E-state index is 12.2. The van der Waals surface area contributed by atoms with Crippen molar-refractivity contribution >= 4 is 23.5 Å². The van der Waals surface area contributed by atoms with Crippen LogP contribution in [-0.4, -0.2) is 37.0 Å². The van der Waals surface area contributed by atoms with E-state index < -0.39 is 5.97 Å². The van der Waals surface area contributed by atoms with Crippen LogP contribution in [0.3, 0.4) is 0 Å². The Kier molecular flexibility index (Phi) is 4.31. The van der Waals surface area contributed by atoms with Gasteiger partial charge in [0.05, 0.1) is 31.2 Å². The van der Waals surface area contributed by atoms with E-state index in [-0.39, 0.29) is 24.1 Å². The van der Waals surface area contributed by atoms with Gasteiger partial charge in [0.1, 0.15) is 11.5 Å². The van der Waals surface area contributed by atoms with Crippen LogP contribution in [0.2, 0.25) is 0 Å². The third-order valence-corrected chi connectivity index (χ3v) is 3.88. The number of hydrogen-bond acceptors (Lipinski definition) is 6. The van der Waals surface area contributed by atoms with Crippen molar-refractivity contribution in [3.63, 3.8) is 0 Å². The molecule has 5 nitrogen and oxygen atoms in total. The van der Waals surface area contributed by atoms with E-state index in [1.165, 1.54) is 11.8 Å². The van der Waals surface area contributed by atoms with Gasteiger partial charge in [0.15, 0.2) is 5.78 Å². The fourth-order valence-electron chi connectivity index (χ4n) is 1.85. The Labute approximate surface area is 114 Å². The number of thioether (sulfide) groups is 1. The smallest absolute Gasteiger partial charge is 0.173 e. The summed E-state index contributed by atoms with van der Waals surface area (Å²) in [4.78, 5) is 22.5. The minimum atomic E-state index is -1.13. The second-order valence-electron chi connectivity index (χ2n) is 4.12. The lowest BCUT2D eigenvalue weighted by atomic mass is 9.96. The summed E-state index contributed by atoms with van der Waals surface area (Å²) in [5, 5.41) is 10.3. The van der Waals surface area contributed by atoms with Gasteiger partial charge >= 0.3 is 0 Å². The number of Topliss-reactive ketones (excluding diaryl/α,β-unsaturated/α-hetero) is 1. The number of carbonyl (C=O) groups excluding carboxylic acids is 2. The molecule has 0 N–H and O–H groups in total. The Morgan fingerprint density at radius 2 is 2.37 bits per heavy atom. The molecule has 19 heavy (non-hydrogen) atoms. The third-order valence-electron chi connectivity index (χ3n) is 2.80. The topological polar surface area (TPSA) is 75.7 Å². The van der Waals surface area contributed by atoms with E-state index in [0.29, 0.717) is 22.8 Å². The van der Waals surface area contributed by atoms with Crippen LogP contribution in [0.15, 0.2) is 18.2 Å². The summed E-state index contributed by atoms with van der Waals surface area (Å²) >= 11 is 1.17. The Balaban J connectivity index is 2.05. The largest absolute Gasteiger partial charge is 0.549 e. The van der Waals surface area contributed by atoms with Gasteiger partial charge in [-0.1, -0.05) is 0 Å². The molecular weight excluding hydrogens is 268 g/mol. The van der Waals surface area contributed by atoms with Crippen LogP contribution in [0.1, 0.15) is 10.4 Å². The van der Waals surface area contributed by atoms with Crippen molar-refractivity contribution in [3.8, 4) is 11.5 Å². The SMILES string of the molecule is COc1ccc2c(c1)OCC(CSCC(=O)[O-])C2=O. The number of ketones is 1. The first kappa shape index (κ1) is 13.7. The van der Waals surface area contributed by atoms with Crippen LogP contribution in [0, 0.1) is 5.92 Å². The van der Waals surface area contributed by atoms with Crippen LogP contribution in [0.5, 0.6) is 11.5 Å². The van der Waals surface area contributed by atoms with Crippen molar-refractivity contribution < 1.29 is 24.2 Å². The summed E-state index contributed by atoms with van der Waals surface area (Å²) in [6.45, 7) is 0.263. The summed E-state index contributed by atoms with van der Waals surface area (Å²) in [6, 6.07) is 5.06. The van der Waals surface area contributed by atoms with Gasteiger partial charge in [-0.3, -0.25) is 4.79 Å². The van der Waals surface area contributed by atoms with E-state index in [9.17, 15) is 14.7 Å². The zero-order valence-electron chi connectivity index (χ0n) is 10.4. The van der Waals surface area contributed by atoms with E-state index in [0.717, 1.165) is 0 Å². The average molecular weight is 281 g/mol. The molecule has 0 aliphatic carbocycles. The summed E-state index contributed by atoms with van der Waals surface area (Å²) in [5.74, 6) is -0.00140. The van der Waals surface area contributed by atoms with Gasteiger partial charge in [-0.2, -0.15) is 11.8 Å². The number of carboxylic acids is 1. The summed E-state index contributed by atoms with van der Waals surface area (Å²) in [5.41, 5.74) is 0.520. The molecule has 0 spiro atoms. The van der Waals surface area contributed by atoms with Gasteiger partial charge in [-0.05, 0) is 12.1 Å². The van der Waals surface area contributed by atoms with E-state index >= 15 is 0 Å². The number of benzene rings is 1. The Bertz CT molecular complexity index is 500. The first-order valence-corrected chi connectivity index (χ1v) is 6.90. The van der Waals surface area contributed by atoms with Crippen molar-refractivity contribution in [1.29, 1.82) is 0 Å². The molecule has 1 unspecified atom stereocenters. The van der Waals surface area contributed by atoms with Crippen LogP contribution < -0.4 is 14.6 Å². The number of hydrogen-bond donors (Lipinski definition) is 0. The molecule has 0 saturated heterocycles. The van der Waals surface area contributed by atoms with Crippen molar-refractivity contribution in [2.75, 3.05) is 25.2 Å². The molecule has 1 aliphatic rings. The highest BCUT2D eigenvalue weighted by atomic mass is 32.2. The molecule has 0 amide bonds. The van der Waals surface area contributed by atoms with Gasteiger partial charge in [-0.25, -0.2) is 0 Å². The minimum Gasteiger partial charge on any atom is -0.549 e. The first-order chi connectivity index (χ1) is 9.11. The maximum Gasteiger partial charge on any atom is 0.173 e. The molecule has 2 rings (SSSR count). The van der Waals surface area contributed by atoms with Gasteiger partial charge in [0.2, 0.25) is 0 Å². The Morgan fingerprint density at radius 3 is 3.05 bits per heavy atom. The Hall–Kier alpha value is -1.69. The maximum atomic E-state index is 12.2. The number of carbonyl (C=O) groups is 2. The average Bonchev–Trinajstić information content (AvgIpc) is 2.40. The summed E-state index contributed by atoms with van der Waals surface area (Å²) in [6.07, 6.45) is 0. The standard InChI is InChI=1S/C13H14O5S/c1-17-9-2-3-10-11(4-9)18-5-8(13(10)16)6-19-7-12(14)15/h2-4,8H,5-7H2,1H3,(H,14,15)/p-1. The number of aliphatic carboxylic acids is 1. The van der Waals surface area contributed by atoms with Gasteiger partial charge in [-0.15, -0.1) is 0 Å². The predicted molar refractivity (Wildman–Crippen MR) is 68.6 cm³/mol. The van der Waals surface area contributed by atoms with Gasteiger partial charge in [0, 0.05) is 17.6 Å². The number of fused-ring (bicyclic) bond motifs is 1. The van der Waals surface area contributed by atoms with Gasteiger partial charge < -0.3 is 19.4 Å². The van der Waals surface area contributed by atoms with E-state index in [2.05, 4.69) is 0 Å². The summed E-state index contributed by atoms with van der Waals surface area (Å²) in [7, 11) is 1.55. The molecule has 0 saturated carbocycles. The predicted octanol–water partition coefficient (Wildman–Crippen LogP) is 0.370. The molecule has 0 radical (unpaired) electrons. The highest BCUT2D eigenvalue weighted by molar-refractivity contribution is 7.99. The van der Waals surface area contributed by atoms with Crippen LogP contribution >= 0.6 is 11.8 Å². The van der Waals surface area contributed by atoms with E-state index in [1.54, 1.807) is 25.3 Å². The van der Waals surface area contributed by atoms with Crippen molar-refractivity contribution in [2.45, 2.75) is 0 Å². The third kappa shape index (κ3) is 3.20. The minimum absolute atomic E-state index is 0.0187. The zero-order chi connectivity index (χ0) is 13.8. The number of rotatable bonds is 5. The lowest BCUT2D eigenvalue weighted by Crippen LogP contribution is -2.31. The highest BCUT2D eigenvalue weighted by Gasteiger charge is 2.28. The summed E-state index contributed by atoms with van der Waals surface area (Å²) < 4.78 is 10.6. The van der Waals surface area contributed by atoms with Crippen LogP contribution in [0.4, 0.5) is 0 Å². The Morgan fingerprint density at radius 1 is 1.58 bits per heavy atom. The quantitative estimate of drug-likeness (QED) is 0.776. The van der Waals surface area contributed by atoms with Gasteiger partial charge in [0.25, 0.3) is 0 Å². The van der Waals surface area contributed by atoms with Crippen molar-refractivity contribution in [1.82, 2.24) is 0 Å². The molecule has 0 bridgehead atoms. The second-order valence-corrected chi connectivity index (χ2v) is 5.15. The molecule has 1 aliphatic heterocycles. The highest BCUT2D eigenvalue weighted by Crippen LogP contribution is 2.31. The fraction of sp³-hybridized carbons (Fsp3) is 0.385. The molecule has 102 valence electrons. The fourth-order valence-corrected chi connectivity index (χ4v) is 2.66. The molecule has 1 aromatic rings. The van der Waals surface area contributed by atoms with E-state index in [4.69, 9.17) is 9.47 Å². The molecule has 6 heteroatoms. The number of carboxylic acid groups (broad SMARTS) is 1. The van der Waals surface area contributed by atoms with Crippen molar-refractivity contribution in [2.24, 2.45) is 5.92 Å². The van der Waals surface area contributed by atoms with E-state index in [1.807, 2.05) is 0 Å². The lowest BCUT2D eigenvalue weighted by molar-refractivity contribution is -0.301. The molecule has 0 fully saturated rings. The van der Waals surface area contributed by atoms with Crippen molar-refractivity contribution in [3.05, 3.63) is 23.8 Å². The molecular formula is C13H13O5S-. The lowest BCUT2D eigenvalue weighted by Gasteiger charge is -2.24. The number of methoxy groups -OCH3 is 1.